The fraction of sp³-hybridized carbons (Fsp3) is 1.00. The summed E-state index contributed by atoms with van der Waals surface area (Å²) in [5.41, 5.74) is 5.63. The number of ether oxygens (including phenoxy) is 2. The molecule has 1 rings (SSSR count). The van der Waals surface area contributed by atoms with Crippen LogP contribution < -0.4 is 5.73 Å². The van der Waals surface area contributed by atoms with Crippen molar-refractivity contribution in [2.24, 2.45) is 5.73 Å². The molecular weight excluding hydrogens is 190 g/mol. The molecule has 6 heteroatoms. The molecule has 1 aliphatic rings. The largest absolute Gasteiger partial charge is 0.394 e. The molecule has 5 N–H and O–H groups in total. The lowest BCUT2D eigenvalue weighted by molar-refractivity contribution is -0.315. The fourth-order valence-electron chi connectivity index (χ4n) is 1.52. The second-order valence-corrected chi connectivity index (χ2v) is 3.57. The molecule has 1 unspecified atom stereocenters. The summed E-state index contributed by atoms with van der Waals surface area (Å²) >= 11 is 0. The summed E-state index contributed by atoms with van der Waals surface area (Å²) in [5.74, 6) is -1.19. The molecule has 0 bridgehead atoms. The highest BCUT2D eigenvalue weighted by molar-refractivity contribution is 4.97. The molecule has 1 aliphatic heterocycles. The molecule has 84 valence electrons. The van der Waals surface area contributed by atoms with Gasteiger partial charge in [0.25, 0.3) is 0 Å². The van der Waals surface area contributed by atoms with Crippen LogP contribution in [-0.4, -0.2) is 59.2 Å². The lowest BCUT2D eigenvalue weighted by Crippen LogP contribution is -2.67. The summed E-state index contributed by atoms with van der Waals surface area (Å²) in [5, 5.41) is 27.9. The van der Waals surface area contributed by atoms with Crippen molar-refractivity contribution >= 4 is 0 Å². The minimum Gasteiger partial charge on any atom is -0.394 e. The summed E-state index contributed by atoms with van der Waals surface area (Å²) in [6, 6.07) is -0.856. The minimum absolute atomic E-state index is 0.399. The Balaban J connectivity index is 2.84. The van der Waals surface area contributed by atoms with Gasteiger partial charge in [0.15, 0.2) is 5.79 Å². The number of nitrogens with two attached hydrogens (primary N) is 1. The van der Waals surface area contributed by atoms with Crippen molar-refractivity contribution in [3.63, 3.8) is 0 Å². The highest BCUT2D eigenvalue weighted by atomic mass is 16.7. The van der Waals surface area contributed by atoms with Crippen LogP contribution >= 0.6 is 0 Å². The van der Waals surface area contributed by atoms with Crippen molar-refractivity contribution in [3.05, 3.63) is 0 Å². The monoisotopic (exact) mass is 207 g/mol. The van der Waals surface area contributed by atoms with Crippen molar-refractivity contribution in [2.75, 3.05) is 13.7 Å². The van der Waals surface area contributed by atoms with Crippen molar-refractivity contribution < 1.29 is 24.8 Å². The smallest absolute Gasteiger partial charge is 0.183 e. The second kappa shape index (κ2) is 4.09. The van der Waals surface area contributed by atoms with Gasteiger partial charge in [-0.25, -0.2) is 0 Å². The van der Waals surface area contributed by atoms with Crippen LogP contribution in [-0.2, 0) is 9.47 Å². The van der Waals surface area contributed by atoms with E-state index in [1.54, 1.807) is 6.92 Å². The number of methoxy groups -OCH3 is 1. The third-order valence-electron chi connectivity index (χ3n) is 2.67. The van der Waals surface area contributed by atoms with Crippen molar-refractivity contribution in [1.82, 2.24) is 0 Å². The topological polar surface area (TPSA) is 105 Å². The second-order valence-electron chi connectivity index (χ2n) is 3.57. The van der Waals surface area contributed by atoms with E-state index in [0.29, 0.717) is 0 Å². The molecule has 0 radical (unpaired) electrons. The molecule has 6 nitrogen and oxygen atoms in total. The predicted molar refractivity (Wildman–Crippen MR) is 47.4 cm³/mol. The minimum atomic E-state index is -1.20. The van der Waals surface area contributed by atoms with E-state index in [2.05, 4.69) is 0 Å². The molecule has 0 aromatic carbocycles. The van der Waals surface area contributed by atoms with E-state index in [4.69, 9.17) is 20.3 Å². The van der Waals surface area contributed by atoms with Gasteiger partial charge in [0.1, 0.15) is 18.3 Å². The van der Waals surface area contributed by atoms with Crippen LogP contribution in [0, 0.1) is 0 Å². The first-order valence-corrected chi connectivity index (χ1v) is 4.42. The molecule has 5 atom stereocenters. The molecule has 0 aromatic rings. The van der Waals surface area contributed by atoms with E-state index in [-0.39, 0.29) is 0 Å². The number of aliphatic hydroxyl groups is 3. The van der Waals surface area contributed by atoms with Crippen LogP contribution in [0.4, 0.5) is 0 Å². The van der Waals surface area contributed by atoms with Crippen LogP contribution in [0.15, 0.2) is 0 Å². The lowest BCUT2D eigenvalue weighted by atomic mass is 9.92. The van der Waals surface area contributed by atoms with E-state index in [1.807, 2.05) is 0 Å². The Hall–Kier alpha value is -0.240. The van der Waals surface area contributed by atoms with E-state index in [9.17, 15) is 10.2 Å². The van der Waals surface area contributed by atoms with Gasteiger partial charge >= 0.3 is 0 Å². The predicted octanol–water partition coefficient (Wildman–Crippen LogP) is -2.21. The Kier molecular flexibility index (Phi) is 3.46. The zero-order valence-corrected chi connectivity index (χ0v) is 8.25. The van der Waals surface area contributed by atoms with Gasteiger partial charge in [-0.15, -0.1) is 0 Å². The standard InChI is InChI=1S/C8H17NO5/c1-8(13-2)7(9)6(12)5(11)4(3-10)14-8/h4-7,10-12H,3,9H2,1-2H3/t4-,5-,6+,7-,8?/m1/s1. The molecule has 0 aliphatic carbocycles. The zero-order valence-electron chi connectivity index (χ0n) is 8.25. The average Bonchev–Trinajstić information content (AvgIpc) is 2.20. The first-order valence-electron chi connectivity index (χ1n) is 4.42. The molecule has 1 saturated heterocycles. The lowest BCUT2D eigenvalue weighted by Gasteiger charge is -2.46. The third-order valence-corrected chi connectivity index (χ3v) is 2.67. The van der Waals surface area contributed by atoms with Gasteiger partial charge in [-0.1, -0.05) is 0 Å². The van der Waals surface area contributed by atoms with Crippen LogP contribution in [0.3, 0.4) is 0 Å². The molecule has 0 saturated carbocycles. The van der Waals surface area contributed by atoms with Gasteiger partial charge in [0, 0.05) is 7.11 Å². The summed E-state index contributed by atoms with van der Waals surface area (Å²) in [4.78, 5) is 0. The quantitative estimate of drug-likeness (QED) is 0.409. The van der Waals surface area contributed by atoms with E-state index < -0.39 is 36.7 Å². The highest BCUT2D eigenvalue weighted by Gasteiger charge is 2.49. The highest BCUT2D eigenvalue weighted by Crippen LogP contribution is 2.28. The molecule has 1 fully saturated rings. The molecule has 1 heterocycles. The molecule has 0 amide bonds. The van der Waals surface area contributed by atoms with E-state index in [0.717, 1.165) is 0 Å². The summed E-state index contributed by atoms with van der Waals surface area (Å²) < 4.78 is 10.3. The maximum Gasteiger partial charge on any atom is 0.183 e. The van der Waals surface area contributed by atoms with Crippen molar-refractivity contribution in [1.29, 1.82) is 0 Å². The number of hydrogen-bond donors (Lipinski definition) is 4. The van der Waals surface area contributed by atoms with Crippen molar-refractivity contribution in [3.8, 4) is 0 Å². The SMILES string of the molecule is COC1(C)O[C@H](CO)[C@@H](O)[C@H](O)[C@H]1N. The van der Waals surface area contributed by atoms with Crippen LogP contribution in [0.25, 0.3) is 0 Å². The van der Waals surface area contributed by atoms with Crippen LogP contribution in [0.2, 0.25) is 0 Å². The van der Waals surface area contributed by atoms with Crippen LogP contribution in [0.1, 0.15) is 6.92 Å². The van der Waals surface area contributed by atoms with Gasteiger partial charge in [-0.3, -0.25) is 0 Å². The van der Waals surface area contributed by atoms with Gasteiger partial charge < -0.3 is 30.5 Å². The van der Waals surface area contributed by atoms with Gasteiger partial charge in [0.05, 0.1) is 12.6 Å². The van der Waals surface area contributed by atoms with Crippen LogP contribution in [0.5, 0.6) is 0 Å². The summed E-state index contributed by atoms with van der Waals surface area (Å²) in [6.07, 6.45) is -3.25. The fourth-order valence-corrected chi connectivity index (χ4v) is 1.52. The Labute approximate surface area is 82.2 Å². The Morgan fingerprint density at radius 1 is 1.43 bits per heavy atom. The van der Waals surface area contributed by atoms with Gasteiger partial charge in [-0.05, 0) is 6.92 Å². The number of aliphatic hydroxyl groups excluding tert-OH is 3. The Bertz CT molecular complexity index is 200. The van der Waals surface area contributed by atoms with Gasteiger partial charge in [-0.2, -0.15) is 0 Å². The third kappa shape index (κ3) is 1.77. The van der Waals surface area contributed by atoms with Crippen molar-refractivity contribution in [2.45, 2.75) is 37.1 Å². The zero-order chi connectivity index (χ0) is 10.9. The normalized spacial score (nSPS) is 49.3. The average molecular weight is 207 g/mol. The van der Waals surface area contributed by atoms with E-state index in [1.165, 1.54) is 7.11 Å². The number of rotatable bonds is 2. The molecular formula is C8H17NO5. The molecule has 14 heavy (non-hydrogen) atoms. The molecule has 0 aromatic heterocycles. The maximum atomic E-state index is 9.57. The van der Waals surface area contributed by atoms with E-state index >= 15 is 0 Å². The maximum absolute atomic E-state index is 9.57. The number of hydrogen-bond acceptors (Lipinski definition) is 6. The first kappa shape index (κ1) is 11.8. The molecule has 0 spiro atoms. The first-order chi connectivity index (χ1) is 6.46. The summed E-state index contributed by atoms with van der Waals surface area (Å²) in [7, 11) is 1.39. The summed E-state index contributed by atoms with van der Waals surface area (Å²) in [6.45, 7) is 1.15. The Morgan fingerprint density at radius 2 is 2.00 bits per heavy atom. The van der Waals surface area contributed by atoms with Gasteiger partial charge in [0.2, 0.25) is 0 Å². The Morgan fingerprint density at radius 3 is 2.43 bits per heavy atom.